The van der Waals surface area contributed by atoms with Crippen LogP contribution >= 0.6 is 0 Å². The number of hydrogen-bond acceptors (Lipinski definition) is 8. The fraction of sp³-hybridized carbons (Fsp3) is 0.348. The quantitative estimate of drug-likeness (QED) is 0.404. The summed E-state index contributed by atoms with van der Waals surface area (Å²) in [6.45, 7) is 3.76. The molecule has 4 heterocycles. The second-order valence-corrected chi connectivity index (χ2v) is 8.00. The van der Waals surface area contributed by atoms with E-state index < -0.39 is 6.03 Å². The summed E-state index contributed by atoms with van der Waals surface area (Å²) >= 11 is 0. The normalized spacial score (nSPS) is 14.0. The second kappa shape index (κ2) is 11.2. The maximum Gasteiger partial charge on any atom is 0.312 e. The summed E-state index contributed by atoms with van der Waals surface area (Å²) in [5.74, 6) is 2.35. The molecule has 184 valence electrons. The van der Waals surface area contributed by atoms with Crippen molar-refractivity contribution in [3.8, 4) is 5.95 Å². The number of anilines is 1. The zero-order valence-electron chi connectivity index (χ0n) is 19.4. The van der Waals surface area contributed by atoms with Crippen LogP contribution in [0.15, 0.2) is 60.3 Å². The molecule has 4 N–H and O–H groups in total. The standard InChI is InChI=1S/C23H28N8O4/c1-16-11-20(29-23(28-16)31-9-7-25-15-31)30(8-2-5-27-22(24)33)13-21(32)26-6-3-17-12-19-18(35-14-17)4-10-34-19/h4,7,9,11-12,14-15H,2-3,5-6,8,10,13H2,1H3,(H,26,32)(H3,24,27,33). The Morgan fingerprint density at radius 2 is 2.11 bits per heavy atom. The van der Waals surface area contributed by atoms with E-state index in [0.29, 0.717) is 50.8 Å². The average Bonchev–Trinajstić information content (AvgIpc) is 3.52. The number of rotatable bonds is 11. The molecule has 0 bridgehead atoms. The van der Waals surface area contributed by atoms with Gasteiger partial charge in [-0.15, -0.1) is 0 Å². The Morgan fingerprint density at radius 3 is 2.91 bits per heavy atom. The van der Waals surface area contributed by atoms with Crippen molar-refractivity contribution < 1.29 is 19.1 Å². The number of nitrogens with zero attached hydrogens (tertiary/aromatic N) is 5. The van der Waals surface area contributed by atoms with Crippen LogP contribution in [-0.4, -0.2) is 64.2 Å². The Morgan fingerprint density at radius 1 is 1.23 bits per heavy atom. The molecule has 2 aromatic heterocycles. The predicted molar refractivity (Wildman–Crippen MR) is 127 cm³/mol. The lowest BCUT2D eigenvalue weighted by molar-refractivity contribution is -0.119. The zero-order valence-corrected chi connectivity index (χ0v) is 19.4. The molecule has 2 aliphatic rings. The fourth-order valence-electron chi connectivity index (χ4n) is 3.59. The first-order valence-corrected chi connectivity index (χ1v) is 11.3. The number of aromatic nitrogens is 4. The molecule has 0 fully saturated rings. The molecular formula is C23H28N8O4. The van der Waals surface area contributed by atoms with E-state index in [1.165, 1.54) is 0 Å². The Balaban J connectivity index is 1.38. The third kappa shape index (κ3) is 6.59. The zero-order chi connectivity index (χ0) is 24.6. The number of carbonyl (C=O) groups is 2. The number of carbonyl (C=O) groups excluding carboxylic acids is 2. The van der Waals surface area contributed by atoms with Crippen LogP contribution in [0.2, 0.25) is 0 Å². The summed E-state index contributed by atoms with van der Waals surface area (Å²) < 4.78 is 12.7. The number of nitrogens with two attached hydrogens (primary N) is 1. The van der Waals surface area contributed by atoms with Gasteiger partial charge in [-0.25, -0.2) is 14.8 Å². The number of allylic oxidation sites excluding steroid dienone is 1. The van der Waals surface area contributed by atoms with Gasteiger partial charge in [-0.1, -0.05) is 0 Å². The smallest absolute Gasteiger partial charge is 0.312 e. The number of aryl methyl sites for hydroxylation is 1. The van der Waals surface area contributed by atoms with Gasteiger partial charge in [0.2, 0.25) is 11.9 Å². The van der Waals surface area contributed by atoms with Crippen LogP contribution in [0.4, 0.5) is 10.6 Å². The molecule has 0 aromatic carbocycles. The largest absolute Gasteiger partial charge is 0.485 e. The minimum Gasteiger partial charge on any atom is -0.485 e. The molecule has 12 heteroatoms. The van der Waals surface area contributed by atoms with E-state index in [4.69, 9.17) is 15.2 Å². The van der Waals surface area contributed by atoms with E-state index in [9.17, 15) is 9.59 Å². The first kappa shape index (κ1) is 23.8. The van der Waals surface area contributed by atoms with Crippen LogP contribution in [0.1, 0.15) is 18.5 Å². The fourth-order valence-corrected chi connectivity index (χ4v) is 3.59. The van der Waals surface area contributed by atoms with Gasteiger partial charge in [0.1, 0.15) is 18.8 Å². The summed E-state index contributed by atoms with van der Waals surface area (Å²) in [5, 5.41) is 5.51. The molecule has 3 amide bonds. The van der Waals surface area contributed by atoms with Gasteiger partial charge >= 0.3 is 6.03 Å². The number of nitrogens with one attached hydrogen (secondary N) is 2. The van der Waals surface area contributed by atoms with Crippen LogP contribution in [0.3, 0.4) is 0 Å². The first-order valence-electron chi connectivity index (χ1n) is 11.3. The number of urea groups is 1. The molecule has 0 aliphatic carbocycles. The van der Waals surface area contributed by atoms with Crippen molar-refractivity contribution in [1.82, 2.24) is 30.2 Å². The summed E-state index contributed by atoms with van der Waals surface area (Å²) in [6.07, 6.45) is 11.7. The van der Waals surface area contributed by atoms with E-state index in [-0.39, 0.29) is 12.5 Å². The number of ether oxygens (including phenoxy) is 2. The van der Waals surface area contributed by atoms with Crippen molar-refractivity contribution in [3.05, 3.63) is 66.0 Å². The van der Waals surface area contributed by atoms with Gasteiger partial charge in [0.25, 0.3) is 0 Å². The van der Waals surface area contributed by atoms with Crippen molar-refractivity contribution in [2.75, 3.05) is 37.7 Å². The highest BCUT2D eigenvalue weighted by atomic mass is 16.5. The number of imidazole rings is 1. The number of hydrogen-bond donors (Lipinski definition) is 3. The monoisotopic (exact) mass is 480 g/mol. The van der Waals surface area contributed by atoms with Crippen molar-refractivity contribution in [2.24, 2.45) is 5.73 Å². The number of fused-ring (bicyclic) bond motifs is 1. The van der Waals surface area contributed by atoms with Crippen molar-refractivity contribution >= 4 is 17.8 Å². The molecule has 0 atom stereocenters. The summed E-state index contributed by atoms with van der Waals surface area (Å²) in [5.41, 5.74) is 6.84. The molecule has 0 saturated carbocycles. The Hall–Kier alpha value is -4.35. The molecule has 0 radical (unpaired) electrons. The average molecular weight is 481 g/mol. The Bertz CT molecular complexity index is 1160. The van der Waals surface area contributed by atoms with E-state index in [2.05, 4.69) is 25.6 Å². The maximum atomic E-state index is 12.8. The number of primary amides is 1. The molecule has 2 aliphatic heterocycles. The third-order valence-corrected chi connectivity index (χ3v) is 5.27. The summed E-state index contributed by atoms with van der Waals surface area (Å²) in [7, 11) is 0. The molecule has 4 rings (SSSR count). The Labute approximate surface area is 202 Å². The summed E-state index contributed by atoms with van der Waals surface area (Å²) in [4.78, 5) is 38.8. The van der Waals surface area contributed by atoms with Crippen molar-refractivity contribution in [1.29, 1.82) is 0 Å². The second-order valence-electron chi connectivity index (χ2n) is 8.00. The third-order valence-electron chi connectivity index (χ3n) is 5.27. The van der Waals surface area contributed by atoms with Crippen LogP contribution in [0.25, 0.3) is 5.95 Å². The predicted octanol–water partition coefficient (Wildman–Crippen LogP) is 1.05. The Kier molecular flexibility index (Phi) is 7.60. The molecule has 0 spiro atoms. The van der Waals surface area contributed by atoms with Gasteiger partial charge in [-0.3, -0.25) is 9.36 Å². The maximum absolute atomic E-state index is 12.8. The minimum atomic E-state index is -0.587. The molecule has 0 saturated heterocycles. The van der Waals surface area contributed by atoms with E-state index in [0.717, 1.165) is 22.8 Å². The molecule has 0 unspecified atom stereocenters. The SMILES string of the molecule is Cc1cc(N(CCCNC(N)=O)CC(=O)NCCC2=COC3=CCOC3=C2)nc(-n2ccnc2)n1. The number of amides is 3. The lowest BCUT2D eigenvalue weighted by Crippen LogP contribution is -2.40. The van der Waals surface area contributed by atoms with Crippen molar-refractivity contribution in [3.63, 3.8) is 0 Å². The van der Waals surface area contributed by atoms with Gasteiger partial charge in [0.15, 0.2) is 11.5 Å². The van der Waals surface area contributed by atoms with E-state index in [1.807, 2.05) is 30.0 Å². The molecule has 2 aromatic rings. The van der Waals surface area contributed by atoms with Crippen LogP contribution in [0, 0.1) is 6.92 Å². The highest BCUT2D eigenvalue weighted by Crippen LogP contribution is 2.27. The minimum absolute atomic E-state index is 0.0863. The molecule has 35 heavy (non-hydrogen) atoms. The van der Waals surface area contributed by atoms with Gasteiger partial charge in [-0.05, 0) is 37.5 Å². The highest BCUT2D eigenvalue weighted by Gasteiger charge is 2.19. The van der Waals surface area contributed by atoms with Gasteiger partial charge < -0.3 is 30.7 Å². The van der Waals surface area contributed by atoms with Crippen LogP contribution < -0.4 is 21.3 Å². The summed E-state index contributed by atoms with van der Waals surface area (Å²) in [6, 6.07) is 1.23. The van der Waals surface area contributed by atoms with Crippen molar-refractivity contribution in [2.45, 2.75) is 19.8 Å². The van der Waals surface area contributed by atoms with E-state index in [1.54, 1.807) is 29.6 Å². The van der Waals surface area contributed by atoms with Crippen LogP contribution in [0.5, 0.6) is 0 Å². The highest BCUT2D eigenvalue weighted by molar-refractivity contribution is 5.81. The van der Waals surface area contributed by atoms with Gasteiger partial charge in [0, 0.05) is 43.8 Å². The molecular weight excluding hydrogens is 452 g/mol. The lowest BCUT2D eigenvalue weighted by Gasteiger charge is -2.24. The lowest BCUT2D eigenvalue weighted by atomic mass is 10.1. The van der Waals surface area contributed by atoms with Crippen LogP contribution in [-0.2, 0) is 14.3 Å². The van der Waals surface area contributed by atoms with E-state index >= 15 is 0 Å². The first-order chi connectivity index (χ1) is 17.0. The molecule has 12 nitrogen and oxygen atoms in total. The van der Waals surface area contributed by atoms with Gasteiger partial charge in [-0.2, -0.15) is 4.98 Å². The topological polar surface area (TPSA) is 150 Å². The van der Waals surface area contributed by atoms with Gasteiger partial charge in [0.05, 0.1) is 12.8 Å².